The summed E-state index contributed by atoms with van der Waals surface area (Å²) in [5.74, 6) is -2.03. The van der Waals surface area contributed by atoms with Gasteiger partial charge in [-0.15, -0.1) is 0 Å². The number of rotatable bonds is 14. The van der Waals surface area contributed by atoms with Gasteiger partial charge >= 0.3 is 6.03 Å². The number of amides is 4. The molecule has 5 fully saturated rings. The summed E-state index contributed by atoms with van der Waals surface area (Å²) < 4.78 is 25.7. The van der Waals surface area contributed by atoms with Crippen molar-refractivity contribution < 1.29 is 32.4 Å². The van der Waals surface area contributed by atoms with Crippen LogP contribution in [0.2, 0.25) is 0 Å². The maximum atomic E-state index is 14.5. The van der Waals surface area contributed by atoms with Gasteiger partial charge in [-0.2, -0.15) is 0 Å². The molecule has 3 N–H and O–H groups in total. The predicted octanol–water partition coefficient (Wildman–Crippen LogP) is 4.71. The van der Waals surface area contributed by atoms with E-state index in [4.69, 9.17) is 0 Å². The molecule has 0 unspecified atom stereocenters. The average Bonchev–Trinajstić information content (AvgIpc) is 3.95. The van der Waals surface area contributed by atoms with Crippen molar-refractivity contribution in [2.45, 2.75) is 161 Å². The quantitative estimate of drug-likeness (QED) is 0.220. The minimum Gasteiger partial charge on any atom is -0.347 e. The predicted molar refractivity (Wildman–Crippen MR) is 192 cm³/mol. The van der Waals surface area contributed by atoms with Crippen molar-refractivity contribution in [2.24, 2.45) is 34.5 Å². The lowest BCUT2D eigenvalue weighted by Crippen LogP contribution is -2.63. The fourth-order valence-corrected chi connectivity index (χ4v) is 9.94. The Kier molecular flexibility index (Phi) is 10.7. The van der Waals surface area contributed by atoms with Crippen molar-refractivity contribution in [3.05, 3.63) is 0 Å². The van der Waals surface area contributed by atoms with Gasteiger partial charge in [-0.25, -0.2) is 13.2 Å². The van der Waals surface area contributed by atoms with Crippen molar-refractivity contribution >= 4 is 39.2 Å². The number of urea groups is 1. The van der Waals surface area contributed by atoms with Crippen LogP contribution in [0.1, 0.15) is 132 Å². The number of piperidine rings is 1. The topological polar surface area (TPSA) is 159 Å². The summed E-state index contributed by atoms with van der Waals surface area (Å²) in [6, 6.07) is -2.29. The van der Waals surface area contributed by atoms with Gasteiger partial charge in [0.1, 0.15) is 6.04 Å². The maximum absolute atomic E-state index is 14.5. The molecule has 0 aromatic heterocycles. The molecule has 0 aromatic rings. The SMILES string of the molecule is CC(C)(C)[C@H](NC(=O)NC1(CS(=O)(=O)C(C)(C)C)CCCCC1)C(=O)N1C[C@H]2[C@@H]([C@H]1C(=O)C[C@@H](CCC1CC1)C(=O)C(=O)NC1CC1)C2(C)C. The maximum Gasteiger partial charge on any atom is 0.315 e. The normalized spacial score (nSPS) is 27.0. The Bertz CT molecular complexity index is 1460. The first-order valence-electron chi connectivity index (χ1n) is 19.1. The first-order chi connectivity index (χ1) is 23.1. The van der Waals surface area contributed by atoms with Crippen LogP contribution in [0, 0.1) is 34.5 Å². The Balaban J connectivity index is 1.33. The van der Waals surface area contributed by atoms with E-state index in [-0.39, 0.29) is 47.2 Å². The van der Waals surface area contributed by atoms with Gasteiger partial charge in [0.2, 0.25) is 11.7 Å². The number of nitrogens with one attached hydrogen (secondary N) is 3. The van der Waals surface area contributed by atoms with E-state index in [0.717, 1.165) is 51.4 Å². The van der Waals surface area contributed by atoms with Crippen LogP contribution < -0.4 is 16.0 Å². The van der Waals surface area contributed by atoms with Gasteiger partial charge in [0, 0.05) is 24.9 Å². The van der Waals surface area contributed by atoms with Crippen LogP contribution in [0.4, 0.5) is 4.79 Å². The Hall–Kier alpha value is -2.50. The summed E-state index contributed by atoms with van der Waals surface area (Å²) in [5, 5.41) is 8.74. The van der Waals surface area contributed by atoms with E-state index in [1.807, 2.05) is 20.8 Å². The molecule has 4 aliphatic carbocycles. The van der Waals surface area contributed by atoms with Crippen LogP contribution in [-0.4, -0.2) is 83.4 Å². The second kappa shape index (κ2) is 13.8. The van der Waals surface area contributed by atoms with Crippen LogP contribution in [0.3, 0.4) is 0 Å². The number of carbonyl (C=O) groups excluding carboxylic acids is 5. The first-order valence-corrected chi connectivity index (χ1v) is 20.7. The van der Waals surface area contributed by atoms with E-state index < -0.39 is 61.3 Å². The number of carbonyl (C=O) groups is 5. The molecule has 1 heterocycles. The monoisotopic (exact) mass is 718 g/mol. The molecule has 12 heteroatoms. The van der Waals surface area contributed by atoms with Crippen molar-refractivity contribution in [3.63, 3.8) is 0 Å². The lowest BCUT2D eigenvalue weighted by Gasteiger charge is -2.41. The van der Waals surface area contributed by atoms with Crippen LogP contribution in [0.5, 0.6) is 0 Å². The molecule has 0 aromatic carbocycles. The Morgan fingerprint density at radius 2 is 1.52 bits per heavy atom. The number of hydrogen-bond acceptors (Lipinski definition) is 7. The third-order valence-corrected chi connectivity index (χ3v) is 15.2. The fourth-order valence-electron chi connectivity index (χ4n) is 8.42. The third kappa shape index (κ3) is 8.58. The summed E-state index contributed by atoms with van der Waals surface area (Å²) in [7, 11) is -3.55. The Morgan fingerprint density at radius 3 is 2.06 bits per heavy atom. The van der Waals surface area contributed by atoms with E-state index in [1.54, 1.807) is 25.7 Å². The lowest BCUT2D eigenvalue weighted by atomic mass is 9.83. The molecule has 5 rings (SSSR count). The second-order valence-electron chi connectivity index (χ2n) is 19.0. The van der Waals surface area contributed by atoms with Gasteiger partial charge in [-0.05, 0) is 87.9 Å². The van der Waals surface area contributed by atoms with Crippen molar-refractivity contribution in [3.8, 4) is 0 Å². The standard InChI is InChI=1S/C38H62N4O7S/c1-35(2,3)31(40-34(47)41-38(18-10-9-11-19-38)22-50(48,49)36(4,5)6)33(46)42-21-26-28(37(26,7)8)29(42)27(43)20-24(15-14-23-12-13-23)30(44)32(45)39-25-16-17-25/h23-26,28-29,31H,9-22H2,1-8H3,(H,39,45)(H2,40,41,47)/t24-,26+,28+,29-,31-/m1/s1. The molecule has 1 aliphatic heterocycles. The number of nitrogens with zero attached hydrogens (tertiary/aromatic N) is 1. The molecule has 5 atom stereocenters. The van der Waals surface area contributed by atoms with Crippen LogP contribution in [0.15, 0.2) is 0 Å². The van der Waals surface area contributed by atoms with Gasteiger partial charge in [-0.3, -0.25) is 19.2 Å². The smallest absolute Gasteiger partial charge is 0.315 e. The van der Waals surface area contributed by atoms with E-state index in [2.05, 4.69) is 29.8 Å². The first kappa shape index (κ1) is 38.7. The Morgan fingerprint density at radius 1 is 0.900 bits per heavy atom. The average molecular weight is 719 g/mol. The van der Waals surface area contributed by atoms with Gasteiger partial charge in [-0.1, -0.05) is 66.7 Å². The highest BCUT2D eigenvalue weighted by atomic mass is 32.2. The van der Waals surface area contributed by atoms with Crippen LogP contribution in [0.25, 0.3) is 0 Å². The zero-order valence-corrected chi connectivity index (χ0v) is 32.5. The molecule has 11 nitrogen and oxygen atoms in total. The van der Waals surface area contributed by atoms with Gasteiger partial charge in [0.15, 0.2) is 15.6 Å². The minimum absolute atomic E-state index is 0.0390. The molecular formula is C38H62N4O7S. The van der Waals surface area contributed by atoms with Crippen molar-refractivity contribution in [1.29, 1.82) is 0 Å². The van der Waals surface area contributed by atoms with E-state index in [0.29, 0.717) is 31.7 Å². The van der Waals surface area contributed by atoms with Crippen LogP contribution in [-0.2, 0) is 29.0 Å². The molecule has 4 saturated carbocycles. The molecule has 0 bridgehead atoms. The highest BCUT2D eigenvalue weighted by Gasteiger charge is 2.69. The highest BCUT2D eigenvalue weighted by Crippen LogP contribution is 2.65. The summed E-state index contributed by atoms with van der Waals surface area (Å²) in [5.41, 5.74) is -1.82. The summed E-state index contributed by atoms with van der Waals surface area (Å²) >= 11 is 0. The van der Waals surface area contributed by atoms with Crippen molar-refractivity contribution in [1.82, 2.24) is 20.9 Å². The van der Waals surface area contributed by atoms with Gasteiger partial charge in [0.05, 0.1) is 22.1 Å². The van der Waals surface area contributed by atoms with E-state index >= 15 is 0 Å². The molecule has 282 valence electrons. The number of fused-ring (bicyclic) bond motifs is 1. The zero-order valence-electron chi connectivity index (χ0n) is 31.7. The van der Waals surface area contributed by atoms with E-state index in [9.17, 15) is 32.4 Å². The summed E-state index contributed by atoms with van der Waals surface area (Å²) in [4.78, 5) is 70.4. The van der Waals surface area contributed by atoms with Crippen LogP contribution >= 0.6 is 0 Å². The molecule has 0 radical (unpaired) electrons. The molecule has 5 aliphatic rings. The highest BCUT2D eigenvalue weighted by molar-refractivity contribution is 7.92. The summed E-state index contributed by atoms with van der Waals surface area (Å²) in [6.45, 7) is 15.2. The zero-order chi connectivity index (χ0) is 37.0. The largest absolute Gasteiger partial charge is 0.347 e. The van der Waals surface area contributed by atoms with Gasteiger partial charge in [0.25, 0.3) is 5.91 Å². The molecule has 4 amide bonds. The molecule has 50 heavy (non-hydrogen) atoms. The third-order valence-electron chi connectivity index (χ3n) is 12.4. The number of likely N-dealkylation sites (tertiary alicyclic amines) is 1. The number of ketones is 2. The fraction of sp³-hybridized carbons (Fsp3) is 0.868. The molecular weight excluding hydrogens is 657 g/mol. The number of sulfone groups is 1. The minimum atomic E-state index is -3.55. The molecule has 1 saturated heterocycles. The number of hydrogen-bond donors (Lipinski definition) is 3. The van der Waals surface area contributed by atoms with Crippen molar-refractivity contribution in [2.75, 3.05) is 12.3 Å². The lowest BCUT2D eigenvalue weighted by molar-refractivity contribution is -0.145. The van der Waals surface area contributed by atoms with Gasteiger partial charge < -0.3 is 20.9 Å². The molecule has 0 spiro atoms. The van der Waals surface area contributed by atoms with E-state index in [1.165, 1.54) is 0 Å². The second-order valence-corrected chi connectivity index (χ2v) is 21.7. The Labute approximate surface area is 299 Å². The number of Topliss-reactive ketones (excluding diaryl/α,β-unsaturated/α-hetero) is 2. The summed E-state index contributed by atoms with van der Waals surface area (Å²) in [6.07, 6.45) is 8.74.